The zero-order valence-electron chi connectivity index (χ0n) is 49.1. The Kier molecular flexibility index (Phi) is 11.9. The number of fused-ring (bicyclic) bond motifs is 15. The maximum Gasteiger partial charge on any atom is 0.0641 e. The van der Waals surface area contributed by atoms with Gasteiger partial charge in [-0.05, 0) is 146 Å². The van der Waals surface area contributed by atoms with E-state index >= 15 is 0 Å². The van der Waals surface area contributed by atoms with Crippen LogP contribution in [0.5, 0.6) is 0 Å². The maximum atomic E-state index is 2.44. The molecule has 19 aromatic rings. The monoisotopic (exact) mass is 1140 g/mol. The summed E-state index contributed by atoms with van der Waals surface area (Å²) in [7, 11) is 0. The van der Waals surface area contributed by atoms with Crippen LogP contribution in [0.25, 0.3) is 165 Å². The molecule has 0 aliphatic rings. The number of nitrogens with zero attached hydrogens (tertiary/aromatic N) is 4. The zero-order valence-corrected chi connectivity index (χ0v) is 49.1. The molecule has 4 heteroatoms. The molecule has 0 radical (unpaired) electrons. The lowest BCUT2D eigenvalue weighted by atomic mass is 9.98. The first kappa shape index (κ1) is 51.3. The van der Waals surface area contributed by atoms with Crippen molar-refractivity contribution in [3.8, 4) is 56.1 Å². The highest BCUT2D eigenvalue weighted by atomic mass is 15.0. The van der Waals surface area contributed by atoms with E-state index in [0.29, 0.717) is 0 Å². The Bertz CT molecular complexity index is 5970. The van der Waals surface area contributed by atoms with Crippen LogP contribution in [0.15, 0.2) is 340 Å². The zero-order chi connectivity index (χ0) is 59.2. The second-order valence-corrected chi connectivity index (χ2v) is 23.5. The molecule has 4 heterocycles. The van der Waals surface area contributed by atoms with Crippen LogP contribution in [0.3, 0.4) is 0 Å². The van der Waals surface area contributed by atoms with Gasteiger partial charge in [-0.1, -0.05) is 249 Å². The van der Waals surface area contributed by atoms with Crippen LogP contribution in [-0.4, -0.2) is 18.3 Å². The predicted octanol–water partition coefficient (Wildman–Crippen LogP) is 23.1. The van der Waals surface area contributed by atoms with Crippen molar-refractivity contribution in [1.82, 2.24) is 18.3 Å². The molecule has 420 valence electrons. The summed E-state index contributed by atoms with van der Waals surface area (Å²) in [6, 6.07) is 123. The maximum absolute atomic E-state index is 2.44. The van der Waals surface area contributed by atoms with Crippen molar-refractivity contribution in [1.29, 1.82) is 0 Å². The molecule has 0 unspecified atom stereocenters. The molecule has 0 spiro atoms. The van der Waals surface area contributed by atoms with Gasteiger partial charge in [-0.15, -0.1) is 0 Å². The SMILES string of the molecule is c1ccc(-c2ccc(-n3c4ccccc4c4cc5c(cc43)c3ccccc3n5-c3ccc(-c4cccc5ccccc45)cc3)cc2)cc1.c1ccc(-n2c3ccccc3c3ccc4c(c5ccccc5n4-c4ccc(-c5cccc6ccccc56)cc4)c32)cc1. The van der Waals surface area contributed by atoms with Crippen molar-refractivity contribution in [3.63, 3.8) is 0 Å². The Labute approximate surface area is 519 Å². The molecule has 0 aliphatic heterocycles. The summed E-state index contributed by atoms with van der Waals surface area (Å²) in [5.74, 6) is 0. The van der Waals surface area contributed by atoms with Gasteiger partial charge in [-0.25, -0.2) is 0 Å². The van der Waals surface area contributed by atoms with Crippen molar-refractivity contribution in [2.75, 3.05) is 0 Å². The Morgan fingerprint density at radius 3 is 1.01 bits per heavy atom. The normalized spacial score (nSPS) is 11.8. The van der Waals surface area contributed by atoms with Gasteiger partial charge in [0.15, 0.2) is 0 Å². The smallest absolute Gasteiger partial charge is 0.0641 e. The topological polar surface area (TPSA) is 19.7 Å². The number of para-hydroxylation sites is 5. The van der Waals surface area contributed by atoms with E-state index in [1.54, 1.807) is 0 Å². The third-order valence-corrected chi connectivity index (χ3v) is 18.6. The quantitative estimate of drug-likeness (QED) is 0.152. The van der Waals surface area contributed by atoms with Crippen molar-refractivity contribution >= 4 is 109 Å². The van der Waals surface area contributed by atoms with E-state index < -0.39 is 0 Å². The Balaban J connectivity index is 0.000000135. The Hall–Kier alpha value is -12.0. The van der Waals surface area contributed by atoms with E-state index in [-0.39, 0.29) is 0 Å². The minimum Gasteiger partial charge on any atom is -0.309 e. The summed E-state index contributed by atoms with van der Waals surface area (Å²) >= 11 is 0. The van der Waals surface area contributed by atoms with Crippen LogP contribution < -0.4 is 0 Å². The molecule has 4 aromatic heterocycles. The van der Waals surface area contributed by atoms with E-state index in [1.165, 1.54) is 148 Å². The second-order valence-electron chi connectivity index (χ2n) is 23.5. The number of benzene rings is 15. The van der Waals surface area contributed by atoms with E-state index in [4.69, 9.17) is 0 Å². The van der Waals surface area contributed by atoms with Crippen molar-refractivity contribution in [2.45, 2.75) is 0 Å². The largest absolute Gasteiger partial charge is 0.309 e. The summed E-state index contributed by atoms with van der Waals surface area (Å²) in [5, 5.41) is 15.2. The lowest BCUT2D eigenvalue weighted by Crippen LogP contribution is -1.95. The van der Waals surface area contributed by atoms with Gasteiger partial charge >= 0.3 is 0 Å². The van der Waals surface area contributed by atoms with Gasteiger partial charge in [-0.2, -0.15) is 0 Å². The summed E-state index contributed by atoms with van der Waals surface area (Å²) in [6.45, 7) is 0. The number of rotatable bonds is 7. The lowest BCUT2D eigenvalue weighted by molar-refractivity contribution is 1.17. The van der Waals surface area contributed by atoms with Gasteiger partial charge < -0.3 is 18.3 Å². The van der Waals surface area contributed by atoms with E-state index in [2.05, 4.69) is 358 Å². The molecule has 0 amide bonds. The standard InChI is InChI=1S/C46H30N2.C40H26N2/c1-2-11-31(12-3-1)32-21-25-35(26-22-32)47-43-19-8-6-16-39(43)41-30-46-42(29-45(41)47)40-17-7-9-20-44(40)48(46)36-27-23-34(24-28-36)38-18-10-14-33-13-4-5-15-37(33)38;1-2-13-29(14-3-1)42-36-19-8-6-16-33(36)34-25-26-38-39(40(34)42)35-17-7-9-20-37(35)41(38)30-23-21-28(22-24-30)32-18-10-12-27-11-4-5-15-31(27)32/h1-30H;1-26H. The first-order chi connectivity index (χ1) is 44.7. The van der Waals surface area contributed by atoms with Crippen LogP contribution in [0.2, 0.25) is 0 Å². The first-order valence-corrected chi connectivity index (χ1v) is 31.0. The van der Waals surface area contributed by atoms with Crippen LogP contribution >= 0.6 is 0 Å². The molecule has 0 N–H and O–H groups in total. The van der Waals surface area contributed by atoms with Crippen molar-refractivity contribution in [2.24, 2.45) is 0 Å². The minimum atomic E-state index is 1.16. The fourth-order valence-corrected chi connectivity index (χ4v) is 14.6. The van der Waals surface area contributed by atoms with Gasteiger partial charge in [-0.3, -0.25) is 0 Å². The number of aromatic nitrogens is 4. The van der Waals surface area contributed by atoms with Gasteiger partial charge in [0.1, 0.15) is 0 Å². The van der Waals surface area contributed by atoms with Gasteiger partial charge in [0.25, 0.3) is 0 Å². The average molecular weight is 1150 g/mol. The third-order valence-electron chi connectivity index (χ3n) is 18.6. The lowest BCUT2D eigenvalue weighted by Gasteiger charge is -2.11. The van der Waals surface area contributed by atoms with Crippen LogP contribution in [0.1, 0.15) is 0 Å². The summed E-state index contributed by atoms with van der Waals surface area (Å²) in [5.41, 5.74) is 21.8. The van der Waals surface area contributed by atoms with Crippen molar-refractivity contribution < 1.29 is 0 Å². The molecule has 0 bridgehead atoms. The molecule has 0 atom stereocenters. The number of hydrogen-bond donors (Lipinski definition) is 0. The highest BCUT2D eigenvalue weighted by Crippen LogP contribution is 2.44. The second kappa shape index (κ2) is 20.9. The average Bonchev–Trinajstić information content (AvgIpc) is 1.62. The molecule has 0 fully saturated rings. The minimum absolute atomic E-state index is 1.16. The van der Waals surface area contributed by atoms with E-state index in [0.717, 1.165) is 17.1 Å². The predicted molar refractivity (Wildman–Crippen MR) is 382 cm³/mol. The summed E-state index contributed by atoms with van der Waals surface area (Å²) < 4.78 is 9.71. The molecule has 15 aromatic carbocycles. The molecular weight excluding hydrogens is 1090 g/mol. The molecular formula is C86H56N4. The summed E-state index contributed by atoms with van der Waals surface area (Å²) in [6.07, 6.45) is 0. The highest BCUT2D eigenvalue weighted by molar-refractivity contribution is 6.26. The fraction of sp³-hybridized carbons (Fsp3) is 0. The number of hydrogen-bond acceptors (Lipinski definition) is 0. The molecule has 0 saturated heterocycles. The molecule has 90 heavy (non-hydrogen) atoms. The first-order valence-electron chi connectivity index (χ1n) is 31.0. The summed E-state index contributed by atoms with van der Waals surface area (Å²) in [4.78, 5) is 0. The molecule has 19 rings (SSSR count). The van der Waals surface area contributed by atoms with Crippen LogP contribution in [0.4, 0.5) is 0 Å². The van der Waals surface area contributed by atoms with Crippen LogP contribution in [0, 0.1) is 0 Å². The van der Waals surface area contributed by atoms with Crippen LogP contribution in [-0.2, 0) is 0 Å². The van der Waals surface area contributed by atoms with Gasteiger partial charge in [0.05, 0.1) is 44.1 Å². The molecule has 0 aliphatic carbocycles. The fourth-order valence-electron chi connectivity index (χ4n) is 14.6. The molecule has 0 saturated carbocycles. The third kappa shape index (κ3) is 8.16. The Morgan fingerprint density at radius 1 is 0.167 bits per heavy atom. The highest BCUT2D eigenvalue weighted by Gasteiger charge is 2.22. The van der Waals surface area contributed by atoms with E-state index in [1.807, 2.05) is 0 Å². The van der Waals surface area contributed by atoms with Gasteiger partial charge in [0.2, 0.25) is 0 Å². The van der Waals surface area contributed by atoms with Gasteiger partial charge in [0, 0.05) is 65.8 Å². The van der Waals surface area contributed by atoms with Crippen molar-refractivity contribution in [3.05, 3.63) is 340 Å². The molecule has 4 nitrogen and oxygen atoms in total. The Morgan fingerprint density at radius 2 is 0.511 bits per heavy atom. The van der Waals surface area contributed by atoms with E-state index in [9.17, 15) is 0 Å².